The molecular weight excluding hydrogens is 330 g/mol. The first-order chi connectivity index (χ1) is 12.7. The normalized spacial score (nSPS) is 11.6. The second-order valence-corrected chi connectivity index (χ2v) is 5.91. The number of guanidine groups is 1. The Kier molecular flexibility index (Phi) is 5.62. The van der Waals surface area contributed by atoms with E-state index in [0.29, 0.717) is 24.9 Å². The van der Waals surface area contributed by atoms with Crippen molar-refractivity contribution < 1.29 is 4.42 Å². The van der Waals surface area contributed by atoms with Crippen molar-refractivity contribution in [2.45, 2.75) is 19.9 Å². The van der Waals surface area contributed by atoms with Crippen molar-refractivity contribution in [2.75, 3.05) is 13.6 Å². The van der Waals surface area contributed by atoms with Crippen LogP contribution >= 0.6 is 0 Å². The first kappa shape index (κ1) is 17.7. The summed E-state index contributed by atoms with van der Waals surface area (Å²) in [5, 5.41) is 10.5. The lowest BCUT2D eigenvalue weighted by Crippen LogP contribution is -2.38. The largest absolute Gasteiger partial charge is 0.444 e. The molecule has 2 heterocycles. The van der Waals surface area contributed by atoms with Crippen LogP contribution in [0.5, 0.6) is 0 Å². The number of hydrogen-bond acceptors (Lipinski definition) is 5. The Hall–Kier alpha value is -3.16. The lowest BCUT2D eigenvalue weighted by molar-refractivity contribution is 0.572. The van der Waals surface area contributed by atoms with Crippen LogP contribution in [0, 0.1) is 6.92 Å². The zero-order valence-electron chi connectivity index (χ0n) is 15.2. The minimum Gasteiger partial charge on any atom is -0.444 e. The van der Waals surface area contributed by atoms with Crippen molar-refractivity contribution >= 4 is 5.96 Å². The molecular formula is C18H23N7O. The predicted octanol–water partition coefficient (Wildman–Crippen LogP) is 1.69. The van der Waals surface area contributed by atoms with E-state index < -0.39 is 0 Å². The maximum atomic E-state index is 5.58. The molecule has 0 radical (unpaired) electrons. The molecule has 0 unspecified atom stereocenters. The molecule has 0 spiro atoms. The Morgan fingerprint density at radius 1 is 1.23 bits per heavy atom. The minimum atomic E-state index is 0.553. The zero-order valence-corrected chi connectivity index (χ0v) is 15.2. The summed E-state index contributed by atoms with van der Waals surface area (Å²) < 4.78 is 7.31. The van der Waals surface area contributed by atoms with Crippen LogP contribution < -0.4 is 10.6 Å². The van der Waals surface area contributed by atoms with Gasteiger partial charge in [-0.05, 0) is 19.1 Å². The van der Waals surface area contributed by atoms with Gasteiger partial charge < -0.3 is 15.1 Å². The van der Waals surface area contributed by atoms with Gasteiger partial charge in [0.1, 0.15) is 18.4 Å². The third-order valence-corrected chi connectivity index (χ3v) is 3.97. The number of nitrogens with one attached hydrogen (secondary N) is 2. The van der Waals surface area contributed by atoms with Gasteiger partial charge in [-0.1, -0.05) is 17.7 Å². The molecule has 0 fully saturated rings. The molecule has 3 aromatic rings. The molecule has 136 valence electrons. The molecule has 0 atom stereocenters. The molecule has 3 rings (SSSR count). The molecule has 2 N–H and O–H groups in total. The van der Waals surface area contributed by atoms with Crippen LogP contribution in [0.2, 0.25) is 0 Å². The van der Waals surface area contributed by atoms with E-state index in [-0.39, 0.29) is 0 Å². The molecule has 2 aromatic heterocycles. The smallest absolute Gasteiger partial charge is 0.226 e. The first-order valence-electron chi connectivity index (χ1n) is 8.44. The van der Waals surface area contributed by atoms with E-state index in [1.807, 2.05) is 31.3 Å². The van der Waals surface area contributed by atoms with E-state index in [1.165, 1.54) is 11.9 Å². The maximum absolute atomic E-state index is 5.58. The van der Waals surface area contributed by atoms with E-state index in [0.717, 1.165) is 23.5 Å². The average molecular weight is 353 g/mol. The summed E-state index contributed by atoms with van der Waals surface area (Å²) in [7, 11) is 3.59. The molecule has 8 nitrogen and oxygen atoms in total. The Morgan fingerprint density at radius 3 is 2.73 bits per heavy atom. The number of aryl methyl sites for hydroxylation is 2. The predicted molar refractivity (Wildman–Crippen MR) is 99.6 cm³/mol. The Labute approximate surface area is 152 Å². The molecule has 1 aromatic carbocycles. The summed E-state index contributed by atoms with van der Waals surface area (Å²) >= 11 is 0. The van der Waals surface area contributed by atoms with Gasteiger partial charge in [0.05, 0.1) is 12.2 Å². The van der Waals surface area contributed by atoms with Crippen LogP contribution in [-0.2, 0) is 20.0 Å². The summed E-state index contributed by atoms with van der Waals surface area (Å²) in [4.78, 5) is 12.9. The van der Waals surface area contributed by atoms with E-state index in [2.05, 4.69) is 37.6 Å². The quantitative estimate of drug-likeness (QED) is 0.517. The molecule has 26 heavy (non-hydrogen) atoms. The van der Waals surface area contributed by atoms with Crippen molar-refractivity contribution in [1.29, 1.82) is 0 Å². The molecule has 0 aliphatic carbocycles. The Balaban J connectivity index is 1.48. The summed E-state index contributed by atoms with van der Waals surface area (Å²) in [5.74, 6) is 2.19. The number of nitrogens with zero attached hydrogens (tertiary/aromatic N) is 5. The molecule has 0 saturated carbocycles. The van der Waals surface area contributed by atoms with Gasteiger partial charge in [0.15, 0.2) is 5.96 Å². The summed E-state index contributed by atoms with van der Waals surface area (Å²) in [5.41, 5.74) is 3.10. The van der Waals surface area contributed by atoms with Crippen molar-refractivity contribution in [3.05, 3.63) is 53.9 Å². The van der Waals surface area contributed by atoms with Crippen LogP contribution in [0.25, 0.3) is 11.5 Å². The van der Waals surface area contributed by atoms with E-state index in [1.54, 1.807) is 18.0 Å². The van der Waals surface area contributed by atoms with Crippen molar-refractivity contribution in [1.82, 2.24) is 30.4 Å². The Bertz CT molecular complexity index is 864. The monoisotopic (exact) mass is 353 g/mol. The van der Waals surface area contributed by atoms with Crippen LogP contribution in [0.4, 0.5) is 0 Å². The fraction of sp³-hybridized carbons (Fsp3) is 0.333. The van der Waals surface area contributed by atoms with Crippen LogP contribution in [-0.4, -0.2) is 39.3 Å². The lowest BCUT2D eigenvalue weighted by Gasteiger charge is -2.10. The fourth-order valence-corrected chi connectivity index (χ4v) is 2.42. The molecule has 0 saturated heterocycles. The summed E-state index contributed by atoms with van der Waals surface area (Å²) in [6.45, 7) is 3.30. The molecule has 0 amide bonds. The van der Waals surface area contributed by atoms with Crippen molar-refractivity contribution in [2.24, 2.45) is 12.0 Å². The van der Waals surface area contributed by atoms with Gasteiger partial charge >= 0.3 is 0 Å². The van der Waals surface area contributed by atoms with Crippen LogP contribution in [0.15, 0.2) is 46.3 Å². The van der Waals surface area contributed by atoms with Gasteiger partial charge in [-0.2, -0.15) is 5.10 Å². The highest BCUT2D eigenvalue weighted by Crippen LogP contribution is 2.19. The maximum Gasteiger partial charge on any atom is 0.226 e. The topological polar surface area (TPSA) is 93.2 Å². The van der Waals surface area contributed by atoms with Crippen LogP contribution in [0.3, 0.4) is 0 Å². The third kappa shape index (κ3) is 4.47. The highest BCUT2D eigenvalue weighted by Gasteiger charge is 2.07. The highest BCUT2D eigenvalue weighted by atomic mass is 16.3. The van der Waals surface area contributed by atoms with Crippen LogP contribution in [0.1, 0.15) is 17.1 Å². The average Bonchev–Trinajstić information content (AvgIpc) is 3.28. The second-order valence-electron chi connectivity index (χ2n) is 5.91. The third-order valence-electron chi connectivity index (χ3n) is 3.97. The van der Waals surface area contributed by atoms with Gasteiger partial charge in [0, 0.05) is 32.6 Å². The molecule has 0 bridgehead atoms. The number of benzene rings is 1. The molecule has 8 heteroatoms. The fourth-order valence-electron chi connectivity index (χ4n) is 2.42. The number of oxazole rings is 1. The lowest BCUT2D eigenvalue weighted by atomic mass is 10.1. The molecule has 0 aliphatic rings. The van der Waals surface area contributed by atoms with E-state index in [9.17, 15) is 0 Å². The second kappa shape index (κ2) is 8.28. The Morgan fingerprint density at radius 2 is 2.04 bits per heavy atom. The number of aliphatic imine (C=N–C) groups is 1. The first-order valence-corrected chi connectivity index (χ1v) is 8.44. The van der Waals surface area contributed by atoms with Gasteiger partial charge in [0.25, 0.3) is 0 Å². The number of hydrogen-bond donors (Lipinski definition) is 2. The van der Waals surface area contributed by atoms with Crippen molar-refractivity contribution in [3.8, 4) is 11.5 Å². The highest BCUT2D eigenvalue weighted by molar-refractivity contribution is 5.79. The van der Waals surface area contributed by atoms with Gasteiger partial charge in [0.2, 0.25) is 5.89 Å². The van der Waals surface area contributed by atoms with Gasteiger partial charge in [-0.15, -0.1) is 0 Å². The number of rotatable bonds is 6. The van der Waals surface area contributed by atoms with Gasteiger partial charge in [-0.25, -0.2) is 9.97 Å². The molecule has 0 aliphatic heterocycles. The summed E-state index contributed by atoms with van der Waals surface area (Å²) in [6, 6.07) is 8.13. The zero-order chi connectivity index (χ0) is 18.4. The van der Waals surface area contributed by atoms with E-state index in [4.69, 9.17) is 4.42 Å². The van der Waals surface area contributed by atoms with Crippen molar-refractivity contribution in [3.63, 3.8) is 0 Å². The standard InChI is InChI=1S/C18H23N7O/c1-13-4-6-14(7-5-13)17-24-15(11-26-17)8-9-20-18(19-2)21-10-16-22-12-23-25(16)3/h4-7,11-12H,8-10H2,1-3H3,(H2,19,20,21). The van der Waals surface area contributed by atoms with Gasteiger partial charge in [-0.3, -0.25) is 9.67 Å². The van der Waals surface area contributed by atoms with E-state index >= 15 is 0 Å². The summed E-state index contributed by atoms with van der Waals surface area (Å²) in [6.07, 6.45) is 3.97. The number of aromatic nitrogens is 4. The minimum absolute atomic E-state index is 0.553. The SMILES string of the molecule is CN=C(NCCc1coc(-c2ccc(C)cc2)n1)NCc1ncnn1C.